The lowest BCUT2D eigenvalue weighted by Crippen LogP contribution is -2.31. The van der Waals surface area contributed by atoms with Gasteiger partial charge in [0.25, 0.3) is 5.91 Å². The molecule has 1 aromatic heterocycles. The number of thioether (sulfide) groups is 1. The van der Waals surface area contributed by atoms with Gasteiger partial charge >= 0.3 is 0 Å². The second-order valence-corrected chi connectivity index (χ2v) is 8.86. The highest BCUT2D eigenvalue weighted by Gasteiger charge is 2.32. The van der Waals surface area contributed by atoms with Crippen molar-refractivity contribution < 1.29 is 9.59 Å². The zero-order chi connectivity index (χ0) is 19.5. The minimum Gasteiger partial charge on any atom is -0.326 e. The van der Waals surface area contributed by atoms with Gasteiger partial charge in [-0.2, -0.15) is 0 Å². The third-order valence-electron chi connectivity index (χ3n) is 4.29. The van der Waals surface area contributed by atoms with Gasteiger partial charge in [-0.15, -0.1) is 11.3 Å². The quantitative estimate of drug-likeness (QED) is 0.456. The van der Waals surface area contributed by atoms with Crippen LogP contribution in [0.5, 0.6) is 0 Å². The number of amides is 2. The van der Waals surface area contributed by atoms with E-state index in [0.717, 1.165) is 21.3 Å². The normalized spacial score (nSPS) is 15.6. The molecule has 1 aliphatic heterocycles. The minimum atomic E-state index is -0.147. The van der Waals surface area contributed by atoms with Crippen LogP contribution in [0.25, 0.3) is 16.8 Å². The molecule has 0 aliphatic carbocycles. The summed E-state index contributed by atoms with van der Waals surface area (Å²) in [6.07, 6.45) is 2.03. The van der Waals surface area contributed by atoms with E-state index in [9.17, 15) is 9.59 Å². The number of carbonyl (C=O) groups is 2. The smallest absolute Gasteiger partial charge is 0.266 e. The molecule has 0 spiro atoms. The topological polar surface area (TPSA) is 49.4 Å². The Balaban J connectivity index is 1.37. The summed E-state index contributed by atoms with van der Waals surface area (Å²) in [4.78, 5) is 28.0. The molecule has 3 aromatic rings. The van der Waals surface area contributed by atoms with Crippen LogP contribution in [0.1, 0.15) is 11.3 Å². The van der Waals surface area contributed by atoms with Gasteiger partial charge in [0.15, 0.2) is 0 Å². The molecule has 0 unspecified atom stereocenters. The molecule has 28 heavy (non-hydrogen) atoms. The summed E-state index contributed by atoms with van der Waals surface area (Å²) >= 11 is 8.17. The van der Waals surface area contributed by atoms with Crippen molar-refractivity contribution in [2.75, 3.05) is 11.9 Å². The lowest BCUT2D eigenvalue weighted by Gasteiger charge is -2.14. The Hall–Kier alpha value is -2.48. The number of hydrogen-bond donors (Lipinski definition) is 1. The van der Waals surface area contributed by atoms with E-state index in [1.165, 1.54) is 16.7 Å². The van der Waals surface area contributed by atoms with E-state index >= 15 is 0 Å². The maximum Gasteiger partial charge on any atom is 0.266 e. The molecule has 7 heteroatoms. The monoisotopic (exact) mass is 424 g/mol. The first-order valence-corrected chi connectivity index (χ1v) is 10.8. The van der Waals surface area contributed by atoms with E-state index in [1.54, 1.807) is 11.3 Å². The van der Waals surface area contributed by atoms with Crippen LogP contribution in [-0.2, 0) is 9.59 Å². The molecule has 0 saturated carbocycles. The van der Waals surface area contributed by atoms with Crippen molar-refractivity contribution in [3.05, 3.63) is 69.8 Å². The fourth-order valence-corrected chi connectivity index (χ4v) is 4.93. The number of benzene rings is 2. The molecule has 140 valence electrons. The van der Waals surface area contributed by atoms with Crippen molar-refractivity contribution in [2.45, 2.75) is 6.42 Å². The van der Waals surface area contributed by atoms with Gasteiger partial charge in [-0.1, -0.05) is 60.4 Å². The van der Waals surface area contributed by atoms with Crippen LogP contribution in [0.3, 0.4) is 0 Å². The standard InChI is InChI=1S/C21H16N2O2S3/c24-19(22-16-8-7-14-4-1-2-5-15(14)12-16)9-10-23-20(25)18(28-21(23)26)13-17-6-3-11-27-17/h1-8,11-13H,9-10H2,(H,22,24)/b18-13+. The third-order valence-corrected chi connectivity index (χ3v) is 6.48. The zero-order valence-corrected chi connectivity index (χ0v) is 17.2. The first kappa shape index (κ1) is 18.9. The molecule has 2 amide bonds. The largest absolute Gasteiger partial charge is 0.326 e. The Morgan fingerprint density at radius 2 is 1.93 bits per heavy atom. The molecule has 0 bridgehead atoms. The number of hydrogen-bond acceptors (Lipinski definition) is 5. The summed E-state index contributed by atoms with van der Waals surface area (Å²) in [7, 11) is 0. The minimum absolute atomic E-state index is 0.137. The van der Waals surface area contributed by atoms with Gasteiger partial charge in [-0.05, 0) is 40.4 Å². The average Bonchev–Trinajstić information content (AvgIpc) is 3.29. The van der Waals surface area contributed by atoms with Crippen LogP contribution >= 0.6 is 35.3 Å². The molecular formula is C21H16N2O2S3. The predicted octanol–water partition coefficient (Wildman–Crippen LogP) is 5.13. The predicted molar refractivity (Wildman–Crippen MR) is 121 cm³/mol. The molecule has 1 aliphatic rings. The Kier molecular flexibility index (Phi) is 5.57. The van der Waals surface area contributed by atoms with Crippen molar-refractivity contribution in [2.24, 2.45) is 0 Å². The molecular weight excluding hydrogens is 408 g/mol. The Morgan fingerprint density at radius 1 is 1.11 bits per heavy atom. The molecule has 4 rings (SSSR count). The summed E-state index contributed by atoms with van der Waals surface area (Å²) < 4.78 is 0.492. The van der Waals surface area contributed by atoms with Crippen molar-refractivity contribution in [1.29, 1.82) is 0 Å². The number of carbonyl (C=O) groups excluding carboxylic acids is 2. The summed E-state index contributed by atoms with van der Waals surface area (Å²) in [6, 6.07) is 17.7. The number of thiocarbonyl (C=S) groups is 1. The van der Waals surface area contributed by atoms with Gasteiger partial charge in [0, 0.05) is 23.5 Å². The van der Waals surface area contributed by atoms with Crippen LogP contribution in [0.4, 0.5) is 5.69 Å². The summed E-state index contributed by atoms with van der Waals surface area (Å²) in [6.45, 7) is 0.270. The fraction of sp³-hybridized carbons (Fsp3) is 0.0952. The van der Waals surface area contributed by atoms with Gasteiger partial charge in [0.2, 0.25) is 5.91 Å². The number of thiophene rings is 1. The highest BCUT2D eigenvalue weighted by atomic mass is 32.2. The molecule has 1 N–H and O–H groups in total. The van der Waals surface area contributed by atoms with Crippen LogP contribution in [0.15, 0.2) is 64.9 Å². The van der Waals surface area contributed by atoms with E-state index in [2.05, 4.69) is 5.32 Å². The number of anilines is 1. The van der Waals surface area contributed by atoms with Gasteiger partial charge in [0.1, 0.15) is 4.32 Å². The maximum absolute atomic E-state index is 12.6. The SMILES string of the molecule is O=C(CCN1C(=O)/C(=C\c2cccs2)SC1=S)Nc1ccc2ccccc2c1. The van der Waals surface area contributed by atoms with Gasteiger partial charge in [-0.3, -0.25) is 14.5 Å². The summed E-state index contributed by atoms with van der Waals surface area (Å²) in [5.41, 5.74) is 0.742. The summed E-state index contributed by atoms with van der Waals surface area (Å²) in [5.74, 6) is -0.284. The second kappa shape index (κ2) is 8.26. The zero-order valence-electron chi connectivity index (χ0n) is 14.8. The van der Waals surface area contributed by atoms with Crippen LogP contribution < -0.4 is 5.32 Å². The van der Waals surface area contributed by atoms with E-state index in [4.69, 9.17) is 12.2 Å². The summed E-state index contributed by atoms with van der Waals surface area (Å²) in [5, 5.41) is 7.04. The average molecular weight is 425 g/mol. The van der Waals surface area contributed by atoms with Crippen LogP contribution in [0, 0.1) is 0 Å². The number of rotatable bonds is 5. The molecule has 1 saturated heterocycles. The van der Waals surface area contributed by atoms with Gasteiger partial charge in [-0.25, -0.2) is 0 Å². The molecule has 0 atom stereocenters. The van der Waals surface area contributed by atoms with Crippen LogP contribution in [-0.4, -0.2) is 27.6 Å². The molecule has 2 heterocycles. The Labute approximate surface area is 176 Å². The third kappa shape index (κ3) is 4.16. The van der Waals surface area contributed by atoms with Crippen molar-refractivity contribution in [1.82, 2.24) is 4.90 Å². The molecule has 0 radical (unpaired) electrons. The molecule has 2 aromatic carbocycles. The molecule has 1 fully saturated rings. The van der Waals surface area contributed by atoms with Crippen molar-refractivity contribution in [3.63, 3.8) is 0 Å². The lowest BCUT2D eigenvalue weighted by atomic mass is 10.1. The van der Waals surface area contributed by atoms with E-state index in [-0.39, 0.29) is 24.8 Å². The number of nitrogens with zero attached hydrogens (tertiary/aromatic N) is 1. The maximum atomic E-state index is 12.6. The first-order valence-electron chi connectivity index (χ1n) is 8.68. The van der Waals surface area contributed by atoms with Gasteiger partial charge < -0.3 is 5.32 Å². The van der Waals surface area contributed by atoms with Crippen LogP contribution in [0.2, 0.25) is 0 Å². The fourth-order valence-electron chi connectivity index (χ4n) is 2.90. The Bertz CT molecular complexity index is 1090. The van der Waals surface area contributed by atoms with E-state index in [0.29, 0.717) is 9.23 Å². The van der Waals surface area contributed by atoms with Crippen molar-refractivity contribution in [3.8, 4) is 0 Å². The molecule has 4 nitrogen and oxygen atoms in total. The Morgan fingerprint density at radius 3 is 2.71 bits per heavy atom. The number of fused-ring (bicyclic) bond motifs is 1. The van der Waals surface area contributed by atoms with E-state index in [1.807, 2.05) is 66.1 Å². The lowest BCUT2D eigenvalue weighted by molar-refractivity contribution is -0.122. The van der Waals surface area contributed by atoms with Crippen molar-refractivity contribution >= 4 is 74.0 Å². The van der Waals surface area contributed by atoms with E-state index < -0.39 is 0 Å². The highest BCUT2D eigenvalue weighted by Crippen LogP contribution is 2.33. The highest BCUT2D eigenvalue weighted by molar-refractivity contribution is 8.26. The number of nitrogens with one attached hydrogen (secondary N) is 1. The second-order valence-electron chi connectivity index (χ2n) is 6.21. The first-order chi connectivity index (χ1) is 13.6. The van der Waals surface area contributed by atoms with Gasteiger partial charge in [0.05, 0.1) is 4.91 Å².